The highest BCUT2D eigenvalue weighted by Crippen LogP contribution is 2.68. The quantitative estimate of drug-likeness (QED) is 0.640. The van der Waals surface area contributed by atoms with Crippen molar-refractivity contribution in [2.45, 2.75) is 97.7 Å². The first-order valence-electron chi connectivity index (χ1n) is 12.6. The van der Waals surface area contributed by atoms with E-state index in [0.717, 1.165) is 32.1 Å². The number of rotatable bonds is 4. The van der Waals surface area contributed by atoms with Gasteiger partial charge in [-0.25, -0.2) is 0 Å². The molecule has 11 unspecified atom stereocenters. The van der Waals surface area contributed by atoms with Gasteiger partial charge in [-0.3, -0.25) is 4.79 Å². The number of hydrogen-bond donors (Lipinski definition) is 2. The molecule has 0 aromatic rings. The molecule has 0 spiro atoms. The fraction of sp³-hybridized carbons (Fsp3) is 0.962. The Morgan fingerprint density at radius 1 is 1.00 bits per heavy atom. The summed E-state index contributed by atoms with van der Waals surface area (Å²) in [6.07, 6.45) is 9.22. The molecular weight excluding hydrogens is 376 g/mol. The number of ether oxygens (including phenoxy) is 1. The van der Waals surface area contributed by atoms with Crippen LogP contribution in [0.25, 0.3) is 0 Å². The highest BCUT2D eigenvalue weighted by molar-refractivity contribution is 5.71. The van der Waals surface area contributed by atoms with Crippen molar-refractivity contribution in [2.24, 2.45) is 52.3 Å². The topological polar surface area (TPSA) is 66.8 Å². The van der Waals surface area contributed by atoms with Crippen LogP contribution in [0.5, 0.6) is 0 Å². The van der Waals surface area contributed by atoms with E-state index in [1.54, 1.807) is 0 Å². The zero-order valence-corrected chi connectivity index (χ0v) is 19.8. The van der Waals surface area contributed by atoms with Crippen molar-refractivity contribution in [3.63, 3.8) is 0 Å². The number of aliphatic hydroxyl groups excluding tert-OH is 2. The predicted molar refractivity (Wildman–Crippen MR) is 118 cm³/mol. The Labute approximate surface area is 183 Å². The van der Waals surface area contributed by atoms with E-state index in [1.807, 2.05) is 6.92 Å². The molecule has 4 aliphatic carbocycles. The second-order valence-electron chi connectivity index (χ2n) is 12.1. The summed E-state index contributed by atoms with van der Waals surface area (Å²) in [5.41, 5.74) is 0.558. The zero-order valence-electron chi connectivity index (χ0n) is 19.8. The number of carbonyl (C=O) groups excluding carboxylic acids is 1. The summed E-state index contributed by atoms with van der Waals surface area (Å²) in [5.74, 6) is 3.07. The summed E-state index contributed by atoms with van der Waals surface area (Å²) in [4.78, 5) is 12.0. The molecule has 0 aliphatic heterocycles. The molecule has 11 atom stereocenters. The van der Waals surface area contributed by atoms with E-state index < -0.39 is 0 Å². The van der Waals surface area contributed by atoms with Gasteiger partial charge in [0.25, 0.3) is 0 Å². The van der Waals surface area contributed by atoms with Crippen LogP contribution in [0.1, 0.15) is 85.5 Å². The Kier molecular flexibility index (Phi) is 6.07. The van der Waals surface area contributed by atoms with E-state index in [-0.39, 0.29) is 34.9 Å². The maximum Gasteiger partial charge on any atom is 0.308 e. The molecule has 0 aromatic carbocycles. The maximum atomic E-state index is 12.0. The Balaban J connectivity index is 1.53. The van der Waals surface area contributed by atoms with E-state index in [2.05, 4.69) is 20.8 Å². The lowest BCUT2D eigenvalue weighted by molar-refractivity contribution is -0.174. The number of hydrogen-bond acceptors (Lipinski definition) is 4. The fourth-order valence-electron chi connectivity index (χ4n) is 9.19. The summed E-state index contributed by atoms with van der Waals surface area (Å²) in [6, 6.07) is 0. The largest absolute Gasteiger partial charge is 0.469 e. The van der Waals surface area contributed by atoms with Crippen LogP contribution in [0.4, 0.5) is 0 Å². The van der Waals surface area contributed by atoms with Gasteiger partial charge >= 0.3 is 5.97 Å². The Morgan fingerprint density at radius 3 is 2.37 bits per heavy atom. The minimum absolute atomic E-state index is 0.0439. The first-order valence-corrected chi connectivity index (χ1v) is 12.6. The van der Waals surface area contributed by atoms with E-state index in [0.29, 0.717) is 35.5 Å². The smallest absolute Gasteiger partial charge is 0.308 e. The molecule has 0 aromatic heterocycles. The monoisotopic (exact) mass is 420 g/mol. The Morgan fingerprint density at radius 2 is 1.67 bits per heavy atom. The lowest BCUT2D eigenvalue weighted by atomic mass is 9.43. The van der Waals surface area contributed by atoms with Crippen LogP contribution in [-0.2, 0) is 9.53 Å². The van der Waals surface area contributed by atoms with Gasteiger partial charge in [0.1, 0.15) is 0 Å². The number of esters is 1. The standard InChI is InChI=1S/C26H44O4/c1-15(12-16(2)24(29)30-5)19-6-7-20-23-21(9-11-26(19,20)4)25(3)10-8-18(27)13-17(25)14-22(23)28/h15-23,27-28H,6-14H2,1-5H3. The summed E-state index contributed by atoms with van der Waals surface area (Å²) in [5, 5.41) is 21.6. The van der Waals surface area contributed by atoms with Crippen LogP contribution in [-0.4, -0.2) is 35.5 Å². The lowest BCUT2D eigenvalue weighted by Gasteiger charge is -2.62. The van der Waals surface area contributed by atoms with Crippen LogP contribution in [0.2, 0.25) is 0 Å². The molecule has 4 rings (SSSR count). The normalized spacial score (nSPS) is 50.0. The second-order valence-corrected chi connectivity index (χ2v) is 12.1. The number of fused-ring (bicyclic) bond motifs is 5. The van der Waals surface area contributed by atoms with Crippen molar-refractivity contribution < 1.29 is 19.7 Å². The average Bonchev–Trinajstić information content (AvgIpc) is 3.05. The van der Waals surface area contributed by atoms with E-state index in [1.165, 1.54) is 32.8 Å². The van der Waals surface area contributed by atoms with Crippen molar-refractivity contribution >= 4 is 5.97 Å². The van der Waals surface area contributed by atoms with Gasteiger partial charge in [0, 0.05) is 0 Å². The number of methoxy groups -OCH3 is 1. The minimum Gasteiger partial charge on any atom is -0.469 e. The van der Waals surface area contributed by atoms with Crippen molar-refractivity contribution in [1.29, 1.82) is 0 Å². The summed E-state index contributed by atoms with van der Waals surface area (Å²) in [6.45, 7) is 9.30. The van der Waals surface area contributed by atoms with E-state index in [4.69, 9.17) is 4.74 Å². The molecule has 4 saturated carbocycles. The average molecular weight is 421 g/mol. The van der Waals surface area contributed by atoms with Crippen molar-refractivity contribution in [3.8, 4) is 0 Å². The summed E-state index contributed by atoms with van der Waals surface area (Å²) >= 11 is 0. The fourth-order valence-corrected chi connectivity index (χ4v) is 9.19. The maximum absolute atomic E-state index is 12.0. The molecular formula is C26H44O4. The molecule has 0 radical (unpaired) electrons. The first-order chi connectivity index (χ1) is 14.1. The molecule has 0 heterocycles. The summed E-state index contributed by atoms with van der Waals surface area (Å²) < 4.78 is 4.97. The molecule has 0 saturated heterocycles. The van der Waals surface area contributed by atoms with Crippen LogP contribution in [0.15, 0.2) is 0 Å². The molecule has 4 nitrogen and oxygen atoms in total. The third-order valence-corrected chi connectivity index (χ3v) is 10.7. The van der Waals surface area contributed by atoms with Crippen molar-refractivity contribution in [3.05, 3.63) is 0 Å². The second kappa shape index (κ2) is 8.06. The van der Waals surface area contributed by atoms with Gasteiger partial charge in [-0.05, 0) is 104 Å². The van der Waals surface area contributed by atoms with Crippen LogP contribution < -0.4 is 0 Å². The van der Waals surface area contributed by atoms with Crippen molar-refractivity contribution in [1.82, 2.24) is 0 Å². The SMILES string of the molecule is COC(=O)C(C)CC(C)C1CCC2C3C(O)CC4CC(O)CCC4(C)C3CCC12C. The Bertz CT molecular complexity index is 649. The third-order valence-electron chi connectivity index (χ3n) is 10.7. The molecule has 4 fully saturated rings. The van der Waals surface area contributed by atoms with Gasteiger partial charge in [0.05, 0.1) is 25.2 Å². The molecule has 30 heavy (non-hydrogen) atoms. The molecule has 172 valence electrons. The van der Waals surface area contributed by atoms with Gasteiger partial charge in [-0.2, -0.15) is 0 Å². The van der Waals surface area contributed by atoms with Crippen LogP contribution in [0, 0.1) is 52.3 Å². The zero-order chi connectivity index (χ0) is 21.8. The van der Waals surface area contributed by atoms with Crippen LogP contribution >= 0.6 is 0 Å². The molecule has 2 N–H and O–H groups in total. The predicted octanol–water partition coefficient (Wildman–Crippen LogP) is 4.81. The van der Waals surface area contributed by atoms with Gasteiger partial charge in [0.15, 0.2) is 0 Å². The van der Waals surface area contributed by atoms with Crippen molar-refractivity contribution in [2.75, 3.05) is 7.11 Å². The lowest BCUT2D eigenvalue weighted by Crippen LogP contribution is -2.58. The van der Waals surface area contributed by atoms with E-state index in [9.17, 15) is 15.0 Å². The summed E-state index contributed by atoms with van der Waals surface area (Å²) in [7, 11) is 1.49. The van der Waals surface area contributed by atoms with E-state index >= 15 is 0 Å². The minimum atomic E-state index is -0.217. The van der Waals surface area contributed by atoms with Gasteiger partial charge < -0.3 is 14.9 Å². The number of carbonyl (C=O) groups is 1. The number of aliphatic hydroxyl groups is 2. The Hall–Kier alpha value is -0.610. The molecule has 0 amide bonds. The molecule has 0 bridgehead atoms. The highest BCUT2D eigenvalue weighted by atomic mass is 16.5. The molecule has 4 heteroatoms. The van der Waals surface area contributed by atoms with Crippen LogP contribution in [0.3, 0.4) is 0 Å². The third kappa shape index (κ3) is 3.45. The van der Waals surface area contributed by atoms with Gasteiger partial charge in [-0.15, -0.1) is 0 Å². The molecule has 4 aliphatic rings. The first kappa shape index (κ1) is 22.6. The van der Waals surface area contributed by atoms with Gasteiger partial charge in [0.2, 0.25) is 0 Å². The van der Waals surface area contributed by atoms with Gasteiger partial charge in [-0.1, -0.05) is 27.7 Å². The highest BCUT2D eigenvalue weighted by Gasteiger charge is 2.62.